The van der Waals surface area contributed by atoms with Gasteiger partial charge in [-0.25, -0.2) is 14.4 Å². The van der Waals surface area contributed by atoms with Crippen LogP contribution in [-0.2, 0) is 75.1 Å². The highest BCUT2D eigenvalue weighted by molar-refractivity contribution is 7.80. The number of likely N-dealkylation sites (N-methyl/N-ethyl adjacent to an activating group) is 2. The second-order valence-electron chi connectivity index (χ2n) is 25.7. The zero-order valence-corrected chi connectivity index (χ0v) is 58.6. The molecule has 1 saturated heterocycles. The molecule has 26 nitrogen and oxygen atoms in total. The molecule has 95 heavy (non-hydrogen) atoms. The van der Waals surface area contributed by atoms with Gasteiger partial charge in [0.25, 0.3) is 11.8 Å². The first-order valence-electron chi connectivity index (χ1n) is 32.7. The van der Waals surface area contributed by atoms with Crippen molar-refractivity contribution >= 4 is 88.2 Å². The van der Waals surface area contributed by atoms with E-state index in [1.54, 1.807) is 75.9 Å². The number of imide groups is 1. The largest absolute Gasteiger partial charge is 0.467 e. The Labute approximate surface area is 564 Å². The van der Waals surface area contributed by atoms with Gasteiger partial charge in [0.1, 0.15) is 36.3 Å². The van der Waals surface area contributed by atoms with Crippen LogP contribution in [0.15, 0.2) is 66.7 Å². The summed E-state index contributed by atoms with van der Waals surface area (Å²) in [5.41, 5.74) is 5.47. The number of carbonyl (C=O) groups is 11. The number of anilines is 1. The van der Waals surface area contributed by atoms with E-state index in [9.17, 15) is 52.7 Å². The molecule has 0 saturated carbocycles. The van der Waals surface area contributed by atoms with Crippen molar-refractivity contribution in [2.24, 2.45) is 29.4 Å². The molecule has 0 unspecified atom stereocenters. The Bertz CT molecular complexity index is 2970. The Kier molecular flexibility index (Phi) is 32.2. The van der Waals surface area contributed by atoms with Gasteiger partial charge in [0.15, 0.2) is 0 Å². The highest BCUT2D eigenvalue weighted by Gasteiger charge is 2.45. The van der Waals surface area contributed by atoms with Gasteiger partial charge in [0.2, 0.25) is 35.4 Å². The average Bonchev–Trinajstić information content (AvgIpc) is 1.71. The average molecular weight is 1350 g/mol. The molecule has 0 aromatic heterocycles. The maximum atomic E-state index is 14.8. The number of likely N-dealkylation sites (tertiary alicyclic amines) is 1. The highest BCUT2D eigenvalue weighted by Crippen LogP contribution is 2.31. The fourth-order valence-electron chi connectivity index (χ4n) is 11.6. The number of hydrogen-bond donors (Lipinski definition) is 7. The SMILES string of the molecule is CC[C@H](C)[C@@H]([C@@H](CC(=O)N1CCC[C@H]1[C@H](OC)[C@@H](C)C(=S)N[C@@H](Cc1ccccc1)C(=O)OC)OC)N(C)C(=O)[C@@H](NC(=O)C(C)(C)N(C)C(=O)OCc1ccc(NC(=O)[C@H](CCCNC(N)=O)NC(=O)[C@@H](NC(=O)CCCCCN2C(=O)C=CC2=O)C(C)C)cc1)C(C)C. The number of unbranched alkanes of at least 4 members (excludes halogenated alkanes) is 2. The van der Waals surface area contributed by atoms with Crippen LogP contribution in [0.3, 0.4) is 0 Å². The summed E-state index contributed by atoms with van der Waals surface area (Å²) in [6, 6.07) is 10.2. The number of amides is 11. The second-order valence-corrected chi connectivity index (χ2v) is 26.1. The van der Waals surface area contributed by atoms with Crippen molar-refractivity contribution in [1.29, 1.82) is 0 Å². The van der Waals surface area contributed by atoms with E-state index in [0.717, 1.165) is 15.4 Å². The van der Waals surface area contributed by atoms with Crippen molar-refractivity contribution in [3.8, 4) is 0 Å². The molecule has 27 heteroatoms. The third kappa shape index (κ3) is 23.4. The smallest absolute Gasteiger partial charge is 0.410 e. The first-order chi connectivity index (χ1) is 44.9. The lowest BCUT2D eigenvalue weighted by Gasteiger charge is -2.41. The van der Waals surface area contributed by atoms with E-state index in [0.29, 0.717) is 67.7 Å². The lowest BCUT2D eigenvalue weighted by Crippen LogP contribution is -2.62. The van der Waals surface area contributed by atoms with Crippen LogP contribution in [0.5, 0.6) is 0 Å². The number of hydrogen-bond acceptors (Lipinski definition) is 16. The summed E-state index contributed by atoms with van der Waals surface area (Å²) < 4.78 is 23.0. The Morgan fingerprint density at radius 1 is 0.758 bits per heavy atom. The number of methoxy groups -OCH3 is 3. The lowest BCUT2D eigenvalue weighted by molar-refractivity contribution is -0.147. The van der Waals surface area contributed by atoms with Crippen LogP contribution in [0.2, 0.25) is 0 Å². The second kappa shape index (κ2) is 38.5. The summed E-state index contributed by atoms with van der Waals surface area (Å²) >= 11 is 5.90. The van der Waals surface area contributed by atoms with E-state index in [4.69, 9.17) is 36.9 Å². The molecule has 10 atom stereocenters. The zero-order valence-electron chi connectivity index (χ0n) is 57.8. The molecule has 2 aliphatic heterocycles. The third-order valence-electron chi connectivity index (χ3n) is 17.9. The molecule has 0 aliphatic carbocycles. The molecule has 11 amide bonds. The van der Waals surface area contributed by atoms with Gasteiger partial charge < -0.3 is 66.4 Å². The van der Waals surface area contributed by atoms with Gasteiger partial charge in [-0.3, -0.25) is 48.2 Å². The maximum Gasteiger partial charge on any atom is 0.410 e. The van der Waals surface area contributed by atoms with Crippen LogP contribution in [0.1, 0.15) is 138 Å². The molecule has 2 heterocycles. The molecular formula is C68H103N11O15S. The van der Waals surface area contributed by atoms with E-state index in [1.165, 1.54) is 47.3 Å². The fraction of sp³-hybridized carbons (Fsp3) is 0.618. The van der Waals surface area contributed by atoms with Gasteiger partial charge >= 0.3 is 18.1 Å². The standard InChI is InChI=1S/C68H103N11O15S/c1-15-43(6)58(51(91-12)39-55(83)78-37-23-27-50(78)59(92-13)44(7)62(95)73-49(64(87)93-14)38-45-24-18-16-19-25-45)76(10)63(86)57(42(4)5)75-65(88)68(8,9)77(11)67(90)94-40-46-29-31-47(32-30-46)71-60(84)48(26-22-35-70-66(69)89)72-61(85)56(41(2)3)74-52(80)28-20-17-21-36-79-53(81)33-34-54(79)82/h16,18-19,24-25,29-34,41-44,48-51,56-59H,15,17,20-23,26-28,35-40H2,1-14H3,(H,71,84)(H,72,85)(H,73,95)(H,74,80)(H,75,88)(H3,69,70,89)/t43-,44+,48-,49-,50-,51+,56-,57-,58-,59+/m0/s1. The first-order valence-corrected chi connectivity index (χ1v) is 33.1. The monoisotopic (exact) mass is 1350 g/mol. The molecular weight excluding hydrogens is 1240 g/mol. The normalized spacial score (nSPS) is 16.7. The van der Waals surface area contributed by atoms with Gasteiger partial charge in [-0.05, 0) is 93.4 Å². The summed E-state index contributed by atoms with van der Waals surface area (Å²) in [6.45, 7) is 16.6. The minimum Gasteiger partial charge on any atom is -0.467 e. The van der Waals surface area contributed by atoms with Gasteiger partial charge in [0.05, 0.1) is 42.8 Å². The molecule has 8 N–H and O–H groups in total. The highest BCUT2D eigenvalue weighted by atomic mass is 32.1. The van der Waals surface area contributed by atoms with Crippen molar-refractivity contribution in [3.63, 3.8) is 0 Å². The van der Waals surface area contributed by atoms with Gasteiger partial charge in [-0.1, -0.05) is 116 Å². The van der Waals surface area contributed by atoms with Crippen molar-refractivity contribution in [2.75, 3.05) is 60.4 Å². The summed E-state index contributed by atoms with van der Waals surface area (Å²) in [4.78, 5) is 152. The molecule has 4 rings (SSSR count). The van der Waals surface area contributed by atoms with Crippen LogP contribution in [0.25, 0.3) is 0 Å². The van der Waals surface area contributed by atoms with E-state index < -0.39 is 107 Å². The van der Waals surface area contributed by atoms with E-state index >= 15 is 0 Å². The summed E-state index contributed by atoms with van der Waals surface area (Å²) in [5, 5.41) is 16.9. The van der Waals surface area contributed by atoms with E-state index in [2.05, 4.69) is 31.9 Å². The first kappa shape index (κ1) is 79.4. The van der Waals surface area contributed by atoms with Crippen LogP contribution in [0.4, 0.5) is 15.3 Å². The maximum absolute atomic E-state index is 14.8. The Morgan fingerprint density at radius 3 is 1.98 bits per heavy atom. The third-order valence-corrected chi connectivity index (χ3v) is 18.4. The molecule has 2 aliphatic rings. The van der Waals surface area contributed by atoms with Crippen LogP contribution in [-0.4, -0.2) is 199 Å². The number of rotatable bonds is 38. The van der Waals surface area contributed by atoms with Crippen LogP contribution >= 0.6 is 12.2 Å². The minimum absolute atomic E-state index is 0.0693. The molecule has 2 aromatic carbocycles. The summed E-state index contributed by atoms with van der Waals surface area (Å²) in [6.07, 6.45) is 4.47. The molecule has 2 aromatic rings. The molecule has 0 bridgehead atoms. The van der Waals surface area contributed by atoms with Gasteiger partial charge in [-0.15, -0.1) is 0 Å². The summed E-state index contributed by atoms with van der Waals surface area (Å²) in [5.74, 6) is -5.44. The van der Waals surface area contributed by atoms with E-state index in [-0.39, 0.29) is 81.0 Å². The Morgan fingerprint density at radius 2 is 1.40 bits per heavy atom. The molecule has 0 radical (unpaired) electrons. The van der Waals surface area contributed by atoms with E-state index in [1.807, 2.05) is 51.1 Å². The van der Waals surface area contributed by atoms with Crippen molar-refractivity contribution in [3.05, 3.63) is 77.9 Å². The number of nitrogens with zero attached hydrogens (tertiary/aromatic N) is 4. The number of primary amides is 1. The van der Waals surface area contributed by atoms with Gasteiger partial charge in [-0.2, -0.15) is 0 Å². The Balaban J connectivity index is 1.37. The molecule has 1 fully saturated rings. The predicted octanol–water partition coefficient (Wildman–Crippen LogP) is 5.29. The van der Waals surface area contributed by atoms with Crippen LogP contribution < -0.4 is 37.6 Å². The number of thiocarbonyl (C=S) groups is 1. The fourth-order valence-corrected chi connectivity index (χ4v) is 11.9. The molecule has 0 spiro atoms. The van der Waals surface area contributed by atoms with Crippen molar-refractivity contribution in [2.45, 2.75) is 194 Å². The van der Waals surface area contributed by atoms with Crippen molar-refractivity contribution in [1.82, 2.24) is 46.2 Å². The lowest BCUT2D eigenvalue weighted by atomic mass is 9.89. The number of ether oxygens (including phenoxy) is 4. The zero-order chi connectivity index (χ0) is 70.9. The van der Waals surface area contributed by atoms with Crippen molar-refractivity contribution < 1.29 is 71.7 Å². The summed E-state index contributed by atoms with van der Waals surface area (Å²) in [7, 11) is 7.45. The number of benzene rings is 2. The Hall–Kier alpha value is -8.04. The minimum atomic E-state index is -1.55. The number of nitrogens with two attached hydrogens (primary N) is 1. The quantitative estimate of drug-likeness (QED) is 0.0194. The number of esters is 1. The van der Waals surface area contributed by atoms with Crippen LogP contribution in [0, 0.1) is 23.7 Å². The predicted molar refractivity (Wildman–Crippen MR) is 362 cm³/mol. The topological polar surface area (TPSA) is 336 Å². The molecule has 526 valence electrons. The van der Waals surface area contributed by atoms with Gasteiger partial charge in [0, 0.05) is 84.5 Å². The number of nitrogens with one attached hydrogen (secondary N) is 6. The number of urea groups is 1. The number of carbonyl (C=O) groups excluding carboxylic acids is 11.